The van der Waals surface area contributed by atoms with E-state index in [0.29, 0.717) is 24.6 Å². The quantitative estimate of drug-likeness (QED) is 0.550. The molecule has 0 fully saturated rings. The number of carbonyl (C=O) groups excluding carboxylic acids is 1. The summed E-state index contributed by atoms with van der Waals surface area (Å²) in [5, 5.41) is 9.59. The number of amides is 1. The van der Waals surface area contributed by atoms with Crippen molar-refractivity contribution in [3.63, 3.8) is 0 Å². The predicted molar refractivity (Wildman–Crippen MR) is 93.6 cm³/mol. The van der Waals surface area contributed by atoms with E-state index < -0.39 is 0 Å². The van der Waals surface area contributed by atoms with Gasteiger partial charge in [-0.2, -0.15) is 0 Å². The first-order valence-corrected chi connectivity index (χ1v) is 8.20. The molecule has 4 nitrogen and oxygen atoms in total. The second-order valence-electron chi connectivity index (χ2n) is 6.17. The Bertz CT molecular complexity index is 523. The highest BCUT2D eigenvalue weighted by molar-refractivity contribution is 5.75. The highest BCUT2D eigenvalue weighted by atomic mass is 16.5. The van der Waals surface area contributed by atoms with Gasteiger partial charge in [0, 0.05) is 20.0 Å². The van der Waals surface area contributed by atoms with Crippen LogP contribution in [0, 0.1) is 5.92 Å². The van der Waals surface area contributed by atoms with Crippen molar-refractivity contribution in [2.45, 2.75) is 46.1 Å². The monoisotopic (exact) mass is 319 g/mol. The van der Waals surface area contributed by atoms with E-state index >= 15 is 0 Å². The van der Waals surface area contributed by atoms with Crippen LogP contribution < -0.4 is 4.74 Å². The number of nitrogens with zero attached hydrogens (tertiary/aromatic N) is 1. The average Bonchev–Trinajstić information content (AvgIpc) is 2.51. The molecule has 0 aromatic heterocycles. The lowest BCUT2D eigenvalue weighted by molar-refractivity contribution is -0.130. The fourth-order valence-electron chi connectivity index (χ4n) is 2.28. The van der Waals surface area contributed by atoms with E-state index in [0.717, 1.165) is 24.8 Å². The lowest BCUT2D eigenvalue weighted by atomic mass is 10.1. The van der Waals surface area contributed by atoms with Crippen LogP contribution in [0.3, 0.4) is 0 Å². The molecule has 0 atom stereocenters. The van der Waals surface area contributed by atoms with E-state index in [9.17, 15) is 9.90 Å². The van der Waals surface area contributed by atoms with Gasteiger partial charge in [0.2, 0.25) is 5.91 Å². The van der Waals surface area contributed by atoms with Crippen molar-refractivity contribution in [3.05, 3.63) is 35.9 Å². The number of benzene rings is 1. The molecule has 0 aliphatic carbocycles. The fraction of sp³-hybridized carbons (Fsp3) is 0.526. The standard InChI is InChI=1S/C19H29NO3/c1-15(2)9-7-5-6-8-10-19(22)20(3)14-16-11-12-17(21)18(13-16)23-4/h7,9,11-13,15,21H,5-6,8,10,14H2,1-4H3/b9-7+. The normalized spacial score (nSPS) is 11.2. The molecule has 4 heteroatoms. The van der Waals surface area contributed by atoms with E-state index in [1.807, 2.05) is 0 Å². The van der Waals surface area contributed by atoms with Crippen molar-refractivity contribution in [3.8, 4) is 11.5 Å². The maximum absolute atomic E-state index is 12.1. The van der Waals surface area contributed by atoms with Gasteiger partial charge in [0.15, 0.2) is 11.5 Å². The highest BCUT2D eigenvalue weighted by Gasteiger charge is 2.10. The molecule has 1 aromatic rings. The van der Waals surface area contributed by atoms with Gasteiger partial charge >= 0.3 is 0 Å². The van der Waals surface area contributed by atoms with Crippen molar-refractivity contribution in [2.75, 3.05) is 14.2 Å². The minimum absolute atomic E-state index is 0.111. The Hall–Kier alpha value is -1.97. The molecule has 0 saturated carbocycles. The van der Waals surface area contributed by atoms with Crippen LogP contribution in [-0.4, -0.2) is 30.1 Å². The van der Waals surface area contributed by atoms with Crippen molar-refractivity contribution in [1.29, 1.82) is 0 Å². The van der Waals surface area contributed by atoms with Crippen molar-refractivity contribution in [1.82, 2.24) is 4.90 Å². The first kappa shape index (κ1) is 19.1. The van der Waals surface area contributed by atoms with Gasteiger partial charge < -0.3 is 14.7 Å². The first-order valence-electron chi connectivity index (χ1n) is 8.20. The van der Waals surface area contributed by atoms with E-state index in [1.165, 1.54) is 7.11 Å². The van der Waals surface area contributed by atoms with Gasteiger partial charge in [0.1, 0.15) is 0 Å². The third-order valence-corrected chi connectivity index (χ3v) is 3.62. The fourth-order valence-corrected chi connectivity index (χ4v) is 2.28. The minimum atomic E-state index is 0.111. The minimum Gasteiger partial charge on any atom is -0.504 e. The molecule has 23 heavy (non-hydrogen) atoms. The molecule has 0 aliphatic heterocycles. The molecular weight excluding hydrogens is 290 g/mol. The molecule has 1 N–H and O–H groups in total. The number of phenols is 1. The SMILES string of the molecule is COc1cc(CN(C)C(=O)CCCC/C=C/C(C)C)ccc1O. The summed E-state index contributed by atoms with van der Waals surface area (Å²) in [5.41, 5.74) is 0.940. The number of unbranched alkanes of at least 4 members (excludes halogenated alkanes) is 2. The van der Waals surface area contributed by atoms with Crippen molar-refractivity contribution < 1.29 is 14.6 Å². The number of ether oxygens (including phenoxy) is 1. The Balaban J connectivity index is 2.36. The summed E-state index contributed by atoms with van der Waals surface area (Å²) in [6.07, 6.45) is 7.94. The number of phenolic OH excluding ortho intramolecular Hbond substituents is 1. The van der Waals surface area contributed by atoms with Gasteiger partial charge in [-0.15, -0.1) is 0 Å². The van der Waals surface area contributed by atoms with E-state index in [1.54, 1.807) is 30.1 Å². The van der Waals surface area contributed by atoms with Gasteiger partial charge in [-0.05, 0) is 42.9 Å². The lowest BCUT2D eigenvalue weighted by Crippen LogP contribution is -2.25. The number of allylic oxidation sites excluding steroid dienone is 2. The Morgan fingerprint density at radius 2 is 2.09 bits per heavy atom. The molecule has 0 aliphatic rings. The zero-order chi connectivity index (χ0) is 17.2. The second kappa shape index (κ2) is 9.93. The number of methoxy groups -OCH3 is 1. The summed E-state index contributed by atoms with van der Waals surface area (Å²) in [5.74, 6) is 1.27. The number of hydrogen-bond donors (Lipinski definition) is 1. The van der Waals surface area contributed by atoms with E-state index in [2.05, 4.69) is 26.0 Å². The molecule has 0 spiro atoms. The van der Waals surface area contributed by atoms with Gasteiger partial charge in [-0.25, -0.2) is 0 Å². The van der Waals surface area contributed by atoms with Gasteiger partial charge in [-0.3, -0.25) is 4.79 Å². The number of rotatable bonds is 9. The molecule has 0 heterocycles. The number of hydrogen-bond acceptors (Lipinski definition) is 3. The van der Waals surface area contributed by atoms with Crippen molar-refractivity contribution >= 4 is 5.91 Å². The summed E-state index contributed by atoms with van der Waals surface area (Å²) < 4.78 is 5.09. The highest BCUT2D eigenvalue weighted by Crippen LogP contribution is 2.26. The van der Waals surface area contributed by atoms with Crippen molar-refractivity contribution in [2.24, 2.45) is 5.92 Å². The van der Waals surface area contributed by atoms with Crippen LogP contribution in [0.25, 0.3) is 0 Å². The third-order valence-electron chi connectivity index (χ3n) is 3.62. The molecule has 1 aromatic carbocycles. The molecule has 0 radical (unpaired) electrons. The van der Waals surface area contributed by atoms with Crippen LogP contribution in [0.5, 0.6) is 11.5 Å². The van der Waals surface area contributed by atoms with Crippen LogP contribution in [0.4, 0.5) is 0 Å². The van der Waals surface area contributed by atoms with Gasteiger partial charge in [-0.1, -0.05) is 32.1 Å². The average molecular weight is 319 g/mol. The Kier molecular flexibility index (Phi) is 8.23. The summed E-state index contributed by atoms with van der Waals surface area (Å²) in [6.45, 7) is 4.84. The summed E-state index contributed by atoms with van der Waals surface area (Å²) in [7, 11) is 3.32. The Morgan fingerprint density at radius 1 is 1.35 bits per heavy atom. The summed E-state index contributed by atoms with van der Waals surface area (Å²) >= 11 is 0. The van der Waals surface area contributed by atoms with Crippen LogP contribution in [-0.2, 0) is 11.3 Å². The Morgan fingerprint density at radius 3 is 2.74 bits per heavy atom. The van der Waals surface area contributed by atoms with Crippen LogP contribution in [0.2, 0.25) is 0 Å². The summed E-state index contributed by atoms with van der Waals surface area (Å²) in [4.78, 5) is 13.9. The smallest absolute Gasteiger partial charge is 0.222 e. The maximum atomic E-state index is 12.1. The van der Waals surface area contributed by atoms with Crippen LogP contribution >= 0.6 is 0 Å². The lowest BCUT2D eigenvalue weighted by Gasteiger charge is -2.18. The molecule has 0 bridgehead atoms. The largest absolute Gasteiger partial charge is 0.504 e. The Labute approximate surface area is 139 Å². The third kappa shape index (κ3) is 7.22. The molecule has 1 rings (SSSR count). The van der Waals surface area contributed by atoms with Gasteiger partial charge in [0.25, 0.3) is 0 Å². The first-order chi connectivity index (χ1) is 10.9. The molecule has 0 saturated heterocycles. The van der Waals surface area contributed by atoms with E-state index in [4.69, 9.17) is 4.74 Å². The van der Waals surface area contributed by atoms with E-state index in [-0.39, 0.29) is 11.7 Å². The van der Waals surface area contributed by atoms with Gasteiger partial charge in [0.05, 0.1) is 7.11 Å². The molecule has 0 unspecified atom stereocenters. The molecular formula is C19H29NO3. The van der Waals surface area contributed by atoms with Crippen LogP contribution in [0.15, 0.2) is 30.4 Å². The maximum Gasteiger partial charge on any atom is 0.222 e. The zero-order valence-corrected chi connectivity index (χ0v) is 14.7. The molecule has 128 valence electrons. The number of aromatic hydroxyl groups is 1. The molecule has 1 amide bonds. The topological polar surface area (TPSA) is 49.8 Å². The predicted octanol–water partition coefficient (Wildman–Crippen LogP) is 4.13. The summed E-state index contributed by atoms with van der Waals surface area (Å²) in [6, 6.07) is 5.15. The van der Waals surface area contributed by atoms with Crippen LogP contribution in [0.1, 0.15) is 45.1 Å². The second-order valence-corrected chi connectivity index (χ2v) is 6.17. The number of carbonyl (C=O) groups is 1. The zero-order valence-electron chi connectivity index (χ0n) is 14.7.